The third-order valence-electron chi connectivity index (χ3n) is 5.43. The van der Waals surface area contributed by atoms with E-state index in [0.29, 0.717) is 22.8 Å². The highest BCUT2D eigenvalue weighted by atomic mass is 35.5. The van der Waals surface area contributed by atoms with Crippen molar-refractivity contribution in [3.8, 4) is 5.75 Å². The average Bonchev–Trinajstić information content (AvgIpc) is 2.83. The van der Waals surface area contributed by atoms with E-state index in [1.54, 1.807) is 37.3 Å². The summed E-state index contributed by atoms with van der Waals surface area (Å²) in [5, 5.41) is 2.97. The second kappa shape index (κ2) is 11.8. The predicted octanol–water partition coefficient (Wildman–Crippen LogP) is 4.64. The van der Waals surface area contributed by atoms with Crippen LogP contribution in [0.4, 0.5) is 17.1 Å². The molecule has 0 atom stereocenters. The quantitative estimate of drug-likeness (QED) is 0.349. The van der Waals surface area contributed by atoms with Gasteiger partial charge in [-0.1, -0.05) is 29.8 Å². The molecule has 0 aromatic heterocycles. The maximum Gasteiger partial charge on any atom is 0.261 e. The Balaban J connectivity index is 1.59. The van der Waals surface area contributed by atoms with Crippen LogP contribution in [-0.2, 0) is 24.8 Å². The number of hydrogen-bond acceptors (Lipinski definition) is 6. The number of para-hydroxylation sites is 1. The van der Waals surface area contributed by atoms with Crippen LogP contribution in [0.1, 0.15) is 18.4 Å². The lowest BCUT2D eigenvalue weighted by Gasteiger charge is -2.23. The SMILES string of the molecule is COc1ccc(N(CCCC(=O)Nc2ccc(S(=O)(=O)Nc3ccccc3C)cc2)S(C)(=O)=O)cc1Cl. The molecule has 0 heterocycles. The van der Waals surface area contributed by atoms with Gasteiger partial charge in [-0.05, 0) is 67.4 Å². The highest BCUT2D eigenvalue weighted by molar-refractivity contribution is 7.92. The summed E-state index contributed by atoms with van der Waals surface area (Å²) in [5.41, 5.74) is 2.06. The summed E-state index contributed by atoms with van der Waals surface area (Å²) >= 11 is 6.13. The van der Waals surface area contributed by atoms with Gasteiger partial charge in [0.1, 0.15) is 5.75 Å². The van der Waals surface area contributed by atoms with Gasteiger partial charge in [-0.25, -0.2) is 16.8 Å². The highest BCUT2D eigenvalue weighted by Gasteiger charge is 2.19. The number of rotatable bonds is 11. The van der Waals surface area contributed by atoms with Crippen molar-refractivity contribution in [3.63, 3.8) is 0 Å². The molecule has 0 aliphatic carbocycles. The number of aryl methyl sites for hydroxylation is 1. The minimum absolute atomic E-state index is 0.0464. The first-order valence-corrected chi connectivity index (χ1v) is 14.9. The van der Waals surface area contributed by atoms with Crippen molar-refractivity contribution in [1.29, 1.82) is 0 Å². The number of carbonyl (C=O) groups excluding carboxylic acids is 1. The molecular weight excluding hydrogens is 538 g/mol. The summed E-state index contributed by atoms with van der Waals surface area (Å²) in [6, 6.07) is 17.5. The van der Waals surface area contributed by atoms with Gasteiger partial charge in [-0.3, -0.25) is 13.8 Å². The average molecular weight is 566 g/mol. The van der Waals surface area contributed by atoms with Gasteiger partial charge in [-0.15, -0.1) is 0 Å². The molecule has 0 radical (unpaired) electrons. The van der Waals surface area contributed by atoms with E-state index in [0.717, 1.165) is 11.8 Å². The summed E-state index contributed by atoms with van der Waals surface area (Å²) in [6.45, 7) is 1.87. The number of sulfonamides is 2. The van der Waals surface area contributed by atoms with Gasteiger partial charge in [0, 0.05) is 18.7 Å². The van der Waals surface area contributed by atoms with E-state index in [9.17, 15) is 21.6 Å². The molecule has 0 unspecified atom stereocenters. The fourth-order valence-electron chi connectivity index (χ4n) is 3.51. The number of amides is 1. The topological polar surface area (TPSA) is 122 Å². The summed E-state index contributed by atoms with van der Waals surface area (Å²) < 4.78 is 58.8. The van der Waals surface area contributed by atoms with E-state index in [-0.39, 0.29) is 35.2 Å². The molecule has 0 saturated carbocycles. The van der Waals surface area contributed by atoms with Crippen LogP contribution in [0.15, 0.2) is 71.6 Å². The smallest absolute Gasteiger partial charge is 0.261 e. The fraction of sp³-hybridized carbons (Fsp3) is 0.240. The summed E-state index contributed by atoms with van der Waals surface area (Å²) in [6.07, 6.45) is 1.37. The van der Waals surface area contributed by atoms with E-state index in [2.05, 4.69) is 10.0 Å². The highest BCUT2D eigenvalue weighted by Crippen LogP contribution is 2.30. The van der Waals surface area contributed by atoms with Crippen LogP contribution in [0.5, 0.6) is 5.75 Å². The normalized spacial score (nSPS) is 11.6. The van der Waals surface area contributed by atoms with Gasteiger partial charge in [0.15, 0.2) is 0 Å². The van der Waals surface area contributed by atoms with Gasteiger partial charge < -0.3 is 10.1 Å². The van der Waals surface area contributed by atoms with Crippen molar-refractivity contribution < 1.29 is 26.4 Å². The zero-order chi connectivity index (χ0) is 27.2. The molecule has 0 fully saturated rings. The molecule has 0 spiro atoms. The molecule has 1 amide bonds. The number of benzene rings is 3. The minimum Gasteiger partial charge on any atom is -0.495 e. The molecule has 3 aromatic carbocycles. The molecule has 37 heavy (non-hydrogen) atoms. The first kappa shape index (κ1) is 28.3. The Morgan fingerprint density at radius 2 is 1.68 bits per heavy atom. The Bertz CT molecular complexity index is 1480. The summed E-state index contributed by atoms with van der Waals surface area (Å²) in [7, 11) is -5.95. The van der Waals surface area contributed by atoms with E-state index in [1.165, 1.54) is 41.7 Å². The molecule has 198 valence electrons. The first-order chi connectivity index (χ1) is 17.4. The third kappa shape index (κ3) is 7.61. The number of hydrogen-bond donors (Lipinski definition) is 2. The van der Waals surface area contributed by atoms with Gasteiger partial charge in [0.25, 0.3) is 10.0 Å². The second-order valence-corrected chi connectivity index (χ2v) is 12.2. The summed E-state index contributed by atoms with van der Waals surface area (Å²) in [4.78, 5) is 12.5. The minimum atomic E-state index is -3.80. The standard InChI is InChI=1S/C25H28ClN3O6S2/c1-18-7-4-5-8-23(18)28-37(33,34)21-13-10-19(11-14-21)27-25(30)9-6-16-29(36(3,31)32)20-12-15-24(35-2)22(26)17-20/h4-5,7-8,10-15,17,28H,6,9,16H2,1-3H3,(H,27,30). The summed E-state index contributed by atoms with van der Waals surface area (Å²) in [5.74, 6) is 0.0814. The lowest BCUT2D eigenvalue weighted by molar-refractivity contribution is -0.116. The van der Waals surface area contributed by atoms with Crippen LogP contribution < -0.4 is 19.1 Å². The Labute approximate surface area is 222 Å². The zero-order valence-electron chi connectivity index (χ0n) is 20.6. The maximum atomic E-state index is 12.7. The fourth-order valence-corrected chi connectivity index (χ4v) is 5.85. The van der Waals surface area contributed by atoms with Crippen molar-refractivity contribution >= 4 is 54.6 Å². The van der Waals surface area contributed by atoms with Gasteiger partial charge in [-0.2, -0.15) is 0 Å². The molecule has 9 nitrogen and oxygen atoms in total. The Morgan fingerprint density at radius 3 is 2.27 bits per heavy atom. The molecule has 0 aliphatic heterocycles. The van der Waals surface area contributed by atoms with E-state index < -0.39 is 20.0 Å². The van der Waals surface area contributed by atoms with Crippen LogP contribution in [0.25, 0.3) is 0 Å². The van der Waals surface area contributed by atoms with Crippen LogP contribution in [-0.4, -0.2) is 42.7 Å². The monoisotopic (exact) mass is 565 g/mol. The number of carbonyl (C=O) groups is 1. The van der Waals surface area contributed by atoms with Gasteiger partial charge in [0.05, 0.1) is 34.7 Å². The Kier molecular flexibility index (Phi) is 9.06. The number of ether oxygens (including phenoxy) is 1. The molecular formula is C25H28ClN3O6S2. The molecule has 0 aliphatic rings. The molecule has 12 heteroatoms. The first-order valence-electron chi connectivity index (χ1n) is 11.2. The van der Waals surface area contributed by atoms with Crippen molar-refractivity contribution in [2.24, 2.45) is 0 Å². The molecule has 0 bridgehead atoms. The molecule has 0 saturated heterocycles. The Morgan fingerprint density at radius 1 is 1.00 bits per heavy atom. The third-order valence-corrected chi connectivity index (χ3v) is 8.30. The van der Waals surface area contributed by atoms with E-state index in [4.69, 9.17) is 16.3 Å². The van der Waals surface area contributed by atoms with Crippen LogP contribution in [0.3, 0.4) is 0 Å². The largest absolute Gasteiger partial charge is 0.495 e. The zero-order valence-corrected chi connectivity index (χ0v) is 23.0. The number of halogens is 1. The molecule has 2 N–H and O–H groups in total. The van der Waals surface area contributed by atoms with E-state index >= 15 is 0 Å². The number of anilines is 3. The van der Waals surface area contributed by atoms with Gasteiger partial charge in [0.2, 0.25) is 15.9 Å². The lowest BCUT2D eigenvalue weighted by Crippen LogP contribution is -2.31. The molecule has 3 aromatic rings. The predicted molar refractivity (Wildman–Crippen MR) is 146 cm³/mol. The van der Waals surface area contributed by atoms with Crippen LogP contribution in [0.2, 0.25) is 5.02 Å². The van der Waals surface area contributed by atoms with Crippen molar-refractivity contribution in [3.05, 3.63) is 77.3 Å². The van der Waals surface area contributed by atoms with Crippen LogP contribution in [0, 0.1) is 6.92 Å². The van der Waals surface area contributed by atoms with Crippen molar-refractivity contribution in [1.82, 2.24) is 0 Å². The van der Waals surface area contributed by atoms with Gasteiger partial charge >= 0.3 is 0 Å². The molecule has 3 rings (SSSR count). The van der Waals surface area contributed by atoms with E-state index in [1.807, 2.05) is 6.07 Å². The number of nitrogens with zero attached hydrogens (tertiary/aromatic N) is 1. The maximum absolute atomic E-state index is 12.7. The van der Waals surface area contributed by atoms with Crippen molar-refractivity contribution in [2.75, 3.05) is 34.3 Å². The lowest BCUT2D eigenvalue weighted by atomic mass is 10.2. The number of nitrogens with one attached hydrogen (secondary N) is 2. The number of methoxy groups -OCH3 is 1. The van der Waals surface area contributed by atoms with Crippen molar-refractivity contribution in [2.45, 2.75) is 24.7 Å². The second-order valence-electron chi connectivity index (χ2n) is 8.25. The van der Waals surface area contributed by atoms with Crippen LogP contribution >= 0.6 is 11.6 Å². The Hall–Kier alpha value is -3.28.